The van der Waals surface area contributed by atoms with E-state index in [0.717, 1.165) is 16.9 Å². The maximum Gasteiger partial charge on any atom is 0.311 e. The minimum Gasteiger partial charge on any atom is -0.457 e. The second kappa shape index (κ2) is 7.46. The number of rotatable bonds is 4. The molecule has 1 N–H and O–H groups in total. The molecule has 3 heterocycles. The Balaban J connectivity index is 1.54. The van der Waals surface area contributed by atoms with Gasteiger partial charge in [-0.1, -0.05) is 12.1 Å². The van der Waals surface area contributed by atoms with Crippen LogP contribution in [-0.2, 0) is 16.1 Å². The van der Waals surface area contributed by atoms with E-state index in [1.165, 1.54) is 12.1 Å². The van der Waals surface area contributed by atoms with Gasteiger partial charge in [-0.2, -0.15) is 0 Å². The van der Waals surface area contributed by atoms with Crippen molar-refractivity contribution in [2.45, 2.75) is 37.3 Å². The van der Waals surface area contributed by atoms with Crippen LogP contribution in [0.4, 0.5) is 15.8 Å². The molecule has 5 atom stereocenters. The van der Waals surface area contributed by atoms with Gasteiger partial charge in [-0.15, -0.1) is 0 Å². The quantitative estimate of drug-likeness (QED) is 0.578. The lowest BCUT2D eigenvalue weighted by atomic mass is 9.74. The number of carbonyl (C=O) groups is 1. The van der Waals surface area contributed by atoms with Crippen LogP contribution in [0.2, 0.25) is 0 Å². The number of anilines is 2. The van der Waals surface area contributed by atoms with Crippen molar-refractivity contribution >= 4 is 34.7 Å². The van der Waals surface area contributed by atoms with E-state index in [9.17, 15) is 14.3 Å². The SMILES string of the molecule is CN(C)c1ccc(N2C(=S)N(Cc3ccc(F)cc3)[C@H]3[C@H]4OC(=O)[C@@H](C[C@H]4O)[C@H]32)cc1. The van der Waals surface area contributed by atoms with E-state index < -0.39 is 18.1 Å². The zero-order valence-electron chi connectivity index (χ0n) is 17.3. The normalized spacial score (nSPS) is 29.2. The summed E-state index contributed by atoms with van der Waals surface area (Å²) in [6, 6.07) is 13.9. The van der Waals surface area contributed by atoms with Crippen molar-refractivity contribution in [2.24, 2.45) is 5.92 Å². The molecular formula is C23H24FN3O3S. The molecule has 0 amide bonds. The molecule has 0 aromatic heterocycles. The molecular weight excluding hydrogens is 417 g/mol. The number of thiocarbonyl (C=S) groups is 1. The van der Waals surface area contributed by atoms with Crippen LogP contribution in [-0.4, -0.2) is 59.5 Å². The van der Waals surface area contributed by atoms with Crippen molar-refractivity contribution in [3.63, 3.8) is 0 Å². The Kier molecular flexibility index (Phi) is 4.86. The fourth-order valence-corrected chi connectivity index (χ4v) is 5.45. The summed E-state index contributed by atoms with van der Waals surface area (Å²) in [6.45, 7) is 0.444. The average molecular weight is 442 g/mol. The predicted molar refractivity (Wildman–Crippen MR) is 119 cm³/mol. The second-order valence-electron chi connectivity index (χ2n) is 8.61. The molecule has 162 valence electrons. The summed E-state index contributed by atoms with van der Waals surface area (Å²) in [5, 5.41) is 11.2. The summed E-state index contributed by atoms with van der Waals surface area (Å²) in [4.78, 5) is 18.7. The number of fused-ring (bicyclic) bond motifs is 2. The number of hydrogen-bond donors (Lipinski definition) is 1. The molecule has 0 radical (unpaired) electrons. The van der Waals surface area contributed by atoms with Gasteiger partial charge in [0.25, 0.3) is 0 Å². The Morgan fingerprint density at radius 2 is 1.81 bits per heavy atom. The van der Waals surface area contributed by atoms with E-state index in [-0.39, 0.29) is 23.9 Å². The lowest BCUT2D eigenvalue weighted by Gasteiger charge is -2.49. The second-order valence-corrected chi connectivity index (χ2v) is 8.98. The minimum atomic E-state index is -0.724. The van der Waals surface area contributed by atoms with Gasteiger partial charge in [0.1, 0.15) is 11.9 Å². The average Bonchev–Trinajstić information content (AvgIpc) is 3.04. The van der Waals surface area contributed by atoms with Crippen LogP contribution < -0.4 is 9.80 Å². The van der Waals surface area contributed by atoms with Crippen molar-refractivity contribution in [1.29, 1.82) is 0 Å². The smallest absolute Gasteiger partial charge is 0.311 e. The number of halogens is 1. The highest BCUT2D eigenvalue weighted by Crippen LogP contribution is 2.46. The Morgan fingerprint density at radius 3 is 2.45 bits per heavy atom. The molecule has 2 aromatic rings. The molecule has 4 aliphatic rings. The minimum absolute atomic E-state index is 0.215. The maximum atomic E-state index is 13.4. The highest BCUT2D eigenvalue weighted by molar-refractivity contribution is 7.80. The third-order valence-corrected chi connectivity index (χ3v) is 6.98. The van der Waals surface area contributed by atoms with Crippen LogP contribution in [0.3, 0.4) is 0 Å². The van der Waals surface area contributed by atoms with Gasteiger partial charge >= 0.3 is 5.97 Å². The number of aliphatic hydroxyl groups is 1. The Morgan fingerprint density at radius 1 is 1.13 bits per heavy atom. The summed E-state index contributed by atoms with van der Waals surface area (Å²) in [6.07, 6.45) is -1.00. The van der Waals surface area contributed by atoms with Gasteiger partial charge in [0.2, 0.25) is 0 Å². The Labute approximate surface area is 185 Å². The van der Waals surface area contributed by atoms with Gasteiger partial charge in [-0.3, -0.25) is 4.79 Å². The first-order valence-corrected chi connectivity index (χ1v) is 10.8. The third kappa shape index (κ3) is 3.25. The third-order valence-electron chi connectivity index (χ3n) is 6.55. The van der Waals surface area contributed by atoms with E-state index in [1.807, 2.05) is 53.1 Å². The molecule has 0 spiro atoms. The molecule has 31 heavy (non-hydrogen) atoms. The van der Waals surface area contributed by atoms with Crippen molar-refractivity contribution < 1.29 is 19.0 Å². The first kappa shape index (κ1) is 20.2. The van der Waals surface area contributed by atoms with Crippen LogP contribution >= 0.6 is 12.2 Å². The maximum absolute atomic E-state index is 13.4. The monoisotopic (exact) mass is 441 g/mol. The largest absolute Gasteiger partial charge is 0.457 e. The topological polar surface area (TPSA) is 56.2 Å². The first-order chi connectivity index (χ1) is 14.8. The molecule has 2 bridgehead atoms. The summed E-state index contributed by atoms with van der Waals surface area (Å²) in [5.41, 5.74) is 2.87. The molecule has 3 saturated heterocycles. The molecule has 3 aliphatic heterocycles. The van der Waals surface area contributed by atoms with Gasteiger partial charge in [0, 0.05) is 32.0 Å². The van der Waals surface area contributed by atoms with Crippen LogP contribution in [0.5, 0.6) is 0 Å². The molecule has 4 fully saturated rings. The molecule has 0 unspecified atom stereocenters. The van der Waals surface area contributed by atoms with Gasteiger partial charge in [0.15, 0.2) is 5.11 Å². The number of benzene rings is 2. The van der Waals surface area contributed by atoms with Crippen LogP contribution in [0.1, 0.15) is 12.0 Å². The lowest BCUT2D eigenvalue weighted by molar-refractivity contribution is -0.194. The van der Waals surface area contributed by atoms with Crippen molar-refractivity contribution in [2.75, 3.05) is 23.9 Å². The summed E-state index contributed by atoms with van der Waals surface area (Å²) in [5.74, 6) is -1.04. The molecule has 6 rings (SSSR count). The van der Waals surface area contributed by atoms with Gasteiger partial charge in [0.05, 0.1) is 24.1 Å². The van der Waals surface area contributed by atoms with E-state index in [1.54, 1.807) is 12.1 Å². The summed E-state index contributed by atoms with van der Waals surface area (Å²) in [7, 11) is 3.96. The van der Waals surface area contributed by atoms with E-state index in [4.69, 9.17) is 17.0 Å². The van der Waals surface area contributed by atoms with Gasteiger partial charge in [-0.05, 0) is 60.6 Å². The van der Waals surface area contributed by atoms with E-state index in [0.29, 0.717) is 18.1 Å². The molecule has 8 heteroatoms. The number of carbonyl (C=O) groups excluding carboxylic acids is 1. The molecule has 6 nitrogen and oxygen atoms in total. The number of esters is 1. The van der Waals surface area contributed by atoms with Crippen LogP contribution in [0.15, 0.2) is 48.5 Å². The summed E-state index contributed by atoms with van der Waals surface area (Å²) >= 11 is 5.90. The number of aliphatic hydroxyl groups excluding tert-OH is 1. The van der Waals surface area contributed by atoms with Crippen molar-refractivity contribution in [3.05, 3.63) is 59.9 Å². The van der Waals surface area contributed by atoms with E-state index in [2.05, 4.69) is 0 Å². The molecule has 1 saturated carbocycles. The highest BCUT2D eigenvalue weighted by Gasteiger charge is 2.62. The van der Waals surface area contributed by atoms with Crippen LogP contribution in [0.25, 0.3) is 0 Å². The fourth-order valence-electron chi connectivity index (χ4n) is 5.04. The highest BCUT2D eigenvalue weighted by atomic mass is 32.1. The first-order valence-electron chi connectivity index (χ1n) is 10.4. The molecule has 1 aliphatic carbocycles. The number of nitrogens with zero attached hydrogens (tertiary/aromatic N) is 3. The fraction of sp³-hybridized carbons (Fsp3) is 0.391. The van der Waals surface area contributed by atoms with E-state index >= 15 is 0 Å². The zero-order valence-corrected chi connectivity index (χ0v) is 18.1. The predicted octanol–water partition coefficient (Wildman–Crippen LogP) is 2.54. The summed E-state index contributed by atoms with van der Waals surface area (Å²) < 4.78 is 19.0. The number of hydrogen-bond acceptors (Lipinski definition) is 5. The van der Waals surface area contributed by atoms with Crippen molar-refractivity contribution in [1.82, 2.24) is 4.90 Å². The van der Waals surface area contributed by atoms with Gasteiger partial charge in [-0.25, -0.2) is 4.39 Å². The number of ether oxygens (including phenoxy) is 1. The Bertz CT molecular complexity index is 1010. The Hall–Kier alpha value is -2.71. The van der Waals surface area contributed by atoms with Crippen LogP contribution in [0, 0.1) is 11.7 Å². The standard InChI is InChI=1S/C23H24FN3O3S/c1-25(2)15-7-9-16(10-8-15)27-19-17-11-18(28)21(30-22(17)29)20(19)26(23(27)31)12-13-3-5-14(24)6-4-13/h3-10,17-21,28H,11-12H2,1-2H3/t17-,18+,19+,20+,21-/m0/s1. The van der Waals surface area contributed by atoms with Gasteiger partial charge < -0.3 is 24.5 Å². The van der Waals surface area contributed by atoms with Crippen molar-refractivity contribution in [3.8, 4) is 0 Å². The molecule has 2 aromatic carbocycles. The lowest BCUT2D eigenvalue weighted by Crippen LogP contribution is -2.66. The zero-order chi connectivity index (χ0) is 21.9.